The summed E-state index contributed by atoms with van der Waals surface area (Å²) in [6.07, 6.45) is 3.77. The van der Waals surface area contributed by atoms with E-state index in [0.29, 0.717) is 36.3 Å². The van der Waals surface area contributed by atoms with Gasteiger partial charge in [-0.25, -0.2) is 9.79 Å². The number of piperazine rings is 1. The third-order valence-electron chi connectivity index (χ3n) is 5.86. The van der Waals surface area contributed by atoms with Gasteiger partial charge < -0.3 is 15.1 Å². The van der Waals surface area contributed by atoms with Gasteiger partial charge in [0.15, 0.2) is 6.19 Å². The van der Waals surface area contributed by atoms with Crippen LogP contribution in [-0.2, 0) is 0 Å². The van der Waals surface area contributed by atoms with Crippen LogP contribution in [0.3, 0.4) is 0 Å². The number of nitrogens with zero attached hydrogens (tertiary/aromatic N) is 5. The molecule has 1 aliphatic heterocycles. The Morgan fingerprint density at radius 3 is 2.66 bits per heavy atom. The Hall–Kier alpha value is -3.83. The summed E-state index contributed by atoms with van der Waals surface area (Å²) in [7, 11) is 0. The normalized spacial score (nSPS) is 16.0. The van der Waals surface area contributed by atoms with E-state index in [2.05, 4.69) is 34.4 Å². The van der Waals surface area contributed by atoms with Crippen molar-refractivity contribution >= 4 is 45.9 Å². The number of benzene rings is 2. The number of halogens is 1. The summed E-state index contributed by atoms with van der Waals surface area (Å²) in [5.41, 5.74) is 2.26. The Morgan fingerprint density at radius 2 is 1.94 bits per heavy atom. The number of nitrogens with one attached hydrogen (secondary N) is 2. The van der Waals surface area contributed by atoms with Crippen LogP contribution in [-0.4, -0.2) is 52.5 Å². The molecule has 1 saturated heterocycles. The highest BCUT2D eigenvalue weighted by molar-refractivity contribution is 6.30. The van der Waals surface area contributed by atoms with Gasteiger partial charge in [0.05, 0.1) is 17.2 Å². The number of guanidine groups is 1. The molecule has 8 nitrogen and oxygen atoms in total. The summed E-state index contributed by atoms with van der Waals surface area (Å²) < 4.78 is 0. The number of fused-ring (bicyclic) bond motifs is 1. The predicted octanol–water partition coefficient (Wildman–Crippen LogP) is 5.46. The molecule has 2 heterocycles. The lowest BCUT2D eigenvalue weighted by Gasteiger charge is -2.44. The fourth-order valence-corrected chi connectivity index (χ4v) is 4.20. The van der Waals surface area contributed by atoms with Gasteiger partial charge in [-0.2, -0.15) is 5.26 Å². The van der Waals surface area contributed by atoms with Crippen molar-refractivity contribution in [2.45, 2.75) is 27.3 Å². The van der Waals surface area contributed by atoms with E-state index in [1.807, 2.05) is 36.5 Å². The zero-order valence-electron chi connectivity index (χ0n) is 19.1. The summed E-state index contributed by atoms with van der Waals surface area (Å²) >= 11 is 5.94. The Labute approximate surface area is 211 Å². The second-order valence-electron chi connectivity index (χ2n) is 8.41. The minimum atomic E-state index is -0.167. The van der Waals surface area contributed by atoms with Crippen molar-refractivity contribution in [1.82, 2.24) is 20.1 Å². The smallest absolute Gasteiger partial charge is 0.321 e. The van der Waals surface area contributed by atoms with Crippen LogP contribution in [0.25, 0.3) is 10.9 Å². The topological polar surface area (TPSA) is 96.7 Å². The summed E-state index contributed by atoms with van der Waals surface area (Å²) in [5.74, 6) is 0.682. The average Bonchev–Trinajstić information content (AvgIpc) is 2.85. The maximum absolute atomic E-state index is 12.9. The molecule has 9 heteroatoms. The van der Waals surface area contributed by atoms with Crippen molar-refractivity contribution in [2.24, 2.45) is 10.9 Å². The SMILES string of the molecule is C.CC(C)[C@@H]1CN(C(=O)Nc2ccc(Cl)cc2)CCN1C(=Nc1cccc2ncccc12)NC#N. The van der Waals surface area contributed by atoms with Crippen molar-refractivity contribution < 1.29 is 4.79 Å². The molecule has 35 heavy (non-hydrogen) atoms. The summed E-state index contributed by atoms with van der Waals surface area (Å²) in [6, 6.07) is 16.4. The highest BCUT2D eigenvalue weighted by atomic mass is 35.5. The molecule has 2 aromatic carbocycles. The van der Waals surface area contributed by atoms with Crippen molar-refractivity contribution in [3.8, 4) is 6.19 Å². The molecule has 1 aromatic heterocycles. The number of aliphatic imine (C=N–C) groups is 1. The summed E-state index contributed by atoms with van der Waals surface area (Å²) in [4.78, 5) is 26.0. The van der Waals surface area contributed by atoms with Gasteiger partial charge in [-0.15, -0.1) is 0 Å². The second-order valence-corrected chi connectivity index (χ2v) is 8.84. The maximum atomic E-state index is 12.9. The number of amides is 2. The van der Waals surface area contributed by atoms with E-state index in [0.717, 1.165) is 16.6 Å². The van der Waals surface area contributed by atoms with Crippen molar-refractivity contribution in [3.05, 3.63) is 65.8 Å². The first kappa shape index (κ1) is 25.8. The molecule has 3 aromatic rings. The zero-order valence-corrected chi connectivity index (χ0v) is 19.8. The maximum Gasteiger partial charge on any atom is 0.321 e. The van der Waals surface area contributed by atoms with E-state index >= 15 is 0 Å². The summed E-state index contributed by atoms with van der Waals surface area (Å²) in [6.45, 7) is 5.73. The number of anilines is 1. The minimum absolute atomic E-state index is 0. The van der Waals surface area contributed by atoms with Crippen molar-refractivity contribution in [3.63, 3.8) is 0 Å². The molecule has 0 radical (unpaired) electrons. The quantitative estimate of drug-likeness (QED) is 0.219. The summed E-state index contributed by atoms with van der Waals surface area (Å²) in [5, 5.41) is 16.7. The van der Waals surface area contributed by atoms with Crippen molar-refractivity contribution in [2.75, 3.05) is 25.0 Å². The first-order valence-corrected chi connectivity index (χ1v) is 11.5. The molecule has 0 spiro atoms. The van der Waals surface area contributed by atoms with Crippen LogP contribution in [0.4, 0.5) is 16.2 Å². The molecule has 0 unspecified atom stereocenters. The number of carbonyl (C=O) groups is 1. The molecule has 1 aliphatic rings. The number of rotatable bonds is 3. The molecule has 1 fully saturated rings. The standard InChI is InChI=1S/C25H26ClN7O.CH4/c1-17(2)23-15-32(25(34)30-19-10-8-18(26)9-11-19)13-14-33(23)24(29-16-27)31-22-7-3-6-21-20(22)5-4-12-28-21;/h3-12,17,23H,13-15H2,1-2H3,(H,29,31)(H,30,34);1H4/t23-;/m0./s1. The van der Waals surface area contributed by atoms with Crippen LogP contribution < -0.4 is 10.6 Å². The number of urea groups is 1. The Morgan fingerprint density at radius 1 is 1.17 bits per heavy atom. The molecule has 4 rings (SSSR count). The molecule has 2 amide bonds. The lowest BCUT2D eigenvalue weighted by Crippen LogP contribution is -2.60. The third kappa shape index (κ3) is 6.00. The molecular formula is C26H30ClN7O. The predicted molar refractivity (Wildman–Crippen MR) is 142 cm³/mol. The number of hydrogen-bond donors (Lipinski definition) is 2. The highest BCUT2D eigenvalue weighted by Gasteiger charge is 2.33. The average molecular weight is 492 g/mol. The molecule has 0 aliphatic carbocycles. The van der Waals surface area contributed by atoms with E-state index in [9.17, 15) is 10.1 Å². The first-order valence-electron chi connectivity index (χ1n) is 11.1. The fourth-order valence-electron chi connectivity index (χ4n) is 4.08. The van der Waals surface area contributed by atoms with Gasteiger partial charge in [-0.3, -0.25) is 10.3 Å². The van der Waals surface area contributed by atoms with Gasteiger partial charge in [0.25, 0.3) is 0 Å². The largest absolute Gasteiger partial charge is 0.335 e. The van der Waals surface area contributed by atoms with Gasteiger partial charge in [0.2, 0.25) is 5.96 Å². The third-order valence-corrected chi connectivity index (χ3v) is 6.11. The Kier molecular flexibility index (Phi) is 8.50. The van der Waals surface area contributed by atoms with Crippen LogP contribution in [0, 0.1) is 17.4 Å². The molecule has 182 valence electrons. The second kappa shape index (κ2) is 11.5. The number of aromatic nitrogens is 1. The van der Waals surface area contributed by atoms with E-state index < -0.39 is 0 Å². The van der Waals surface area contributed by atoms with Crippen LogP contribution >= 0.6 is 11.6 Å². The van der Waals surface area contributed by atoms with E-state index in [4.69, 9.17) is 16.6 Å². The molecule has 0 saturated carbocycles. The van der Waals surface area contributed by atoms with E-state index in [1.54, 1.807) is 35.4 Å². The lowest BCUT2D eigenvalue weighted by atomic mass is 10.00. The van der Waals surface area contributed by atoms with Gasteiger partial charge in [-0.05, 0) is 54.4 Å². The van der Waals surface area contributed by atoms with Crippen LogP contribution in [0.15, 0.2) is 65.8 Å². The molecule has 0 bridgehead atoms. The Bertz CT molecular complexity index is 1230. The number of pyridine rings is 1. The van der Waals surface area contributed by atoms with E-state index in [-0.39, 0.29) is 25.4 Å². The zero-order chi connectivity index (χ0) is 24.1. The minimum Gasteiger partial charge on any atom is -0.335 e. The molecular weight excluding hydrogens is 462 g/mol. The molecule has 2 N–H and O–H groups in total. The fraction of sp³-hybridized carbons (Fsp3) is 0.308. The highest BCUT2D eigenvalue weighted by Crippen LogP contribution is 2.26. The number of carbonyl (C=O) groups excluding carboxylic acids is 1. The van der Waals surface area contributed by atoms with Crippen molar-refractivity contribution in [1.29, 1.82) is 5.26 Å². The van der Waals surface area contributed by atoms with Crippen LogP contribution in [0.2, 0.25) is 5.02 Å². The lowest BCUT2D eigenvalue weighted by molar-refractivity contribution is 0.118. The van der Waals surface area contributed by atoms with Gasteiger partial charge in [-0.1, -0.05) is 38.9 Å². The number of nitriles is 1. The van der Waals surface area contributed by atoms with Crippen LogP contribution in [0.5, 0.6) is 0 Å². The Balaban J connectivity index is 0.00000342. The van der Waals surface area contributed by atoms with Gasteiger partial charge in [0, 0.05) is 41.9 Å². The van der Waals surface area contributed by atoms with Crippen LogP contribution in [0.1, 0.15) is 21.3 Å². The van der Waals surface area contributed by atoms with Gasteiger partial charge >= 0.3 is 6.03 Å². The monoisotopic (exact) mass is 491 g/mol. The molecule has 1 atom stereocenters. The van der Waals surface area contributed by atoms with E-state index in [1.165, 1.54) is 0 Å². The number of hydrogen-bond acceptors (Lipinski definition) is 4. The first-order chi connectivity index (χ1) is 16.5. The van der Waals surface area contributed by atoms with Gasteiger partial charge in [0.1, 0.15) is 0 Å².